The molecule has 234 valence electrons. The molecular weight excluding hydrogens is 551 g/mol. The molecule has 40 heavy (non-hydrogen) atoms. The van der Waals surface area contributed by atoms with E-state index in [1.165, 1.54) is 18.2 Å². The van der Waals surface area contributed by atoms with Crippen LogP contribution < -0.4 is 15.3 Å². The van der Waals surface area contributed by atoms with E-state index in [2.05, 4.69) is 0 Å². The van der Waals surface area contributed by atoms with Gasteiger partial charge in [-0.2, -0.15) is 0 Å². The fourth-order valence-electron chi connectivity index (χ4n) is 1.66. The second-order valence-corrected chi connectivity index (χ2v) is 16.1. The van der Waals surface area contributed by atoms with Gasteiger partial charge in [-0.05, 0) is 34.5 Å². The smallest absolute Gasteiger partial charge is 0.875 e. The van der Waals surface area contributed by atoms with Crippen molar-refractivity contribution in [1.29, 1.82) is 0 Å². The van der Waals surface area contributed by atoms with Gasteiger partial charge in [0.2, 0.25) is 0 Å². The summed E-state index contributed by atoms with van der Waals surface area (Å²) in [6.07, 6.45) is 3.67. The minimum atomic E-state index is -0.457. The van der Waals surface area contributed by atoms with Crippen LogP contribution in [0.15, 0.2) is 35.5 Å². The second kappa shape index (κ2) is 16.0. The predicted octanol–water partition coefficient (Wildman–Crippen LogP) is 5.67. The number of hydrogen-bond acceptors (Lipinski definition) is 6. The molecule has 0 spiro atoms. The van der Waals surface area contributed by atoms with Gasteiger partial charge in [0.1, 0.15) is 0 Å². The van der Waals surface area contributed by atoms with E-state index in [1.54, 1.807) is 0 Å². The van der Waals surface area contributed by atoms with Crippen LogP contribution in [0.5, 0.6) is 0 Å². The SMILES string of the molecule is CC(C)(C)C(=O)/C=C(/[O-])C(C)(C)C.CC(C)(C)C(=O)/C=C(/[O-])C(C)(C)C.CC(C)(C)C(=O)/C=C(/[O-])C(C)(C)C.[Co+3]. The molecule has 0 radical (unpaired) electrons. The number of ketones is 3. The van der Waals surface area contributed by atoms with Gasteiger partial charge in [0.15, 0.2) is 17.3 Å². The standard InChI is InChI=1S/3C11H20O2.Co/c3*1-10(2,3)8(12)7-9(13)11(4,5)6;/h3*7,12H,1-6H3;/q;;;+3/p-3/b3*8-7+;. The number of carbonyl (C=O) groups is 3. The van der Waals surface area contributed by atoms with E-state index < -0.39 is 32.5 Å². The van der Waals surface area contributed by atoms with Gasteiger partial charge in [-0.3, -0.25) is 14.4 Å². The minimum absolute atomic E-state index is 0. The van der Waals surface area contributed by atoms with E-state index in [1.807, 2.05) is 125 Å². The molecule has 0 unspecified atom stereocenters. The van der Waals surface area contributed by atoms with Gasteiger partial charge in [-0.25, -0.2) is 0 Å². The van der Waals surface area contributed by atoms with Crippen LogP contribution in [0.4, 0.5) is 0 Å². The van der Waals surface area contributed by atoms with E-state index in [0.717, 1.165) is 0 Å². The molecule has 0 aliphatic carbocycles. The summed E-state index contributed by atoms with van der Waals surface area (Å²) < 4.78 is 0. The Hall–Kier alpha value is -1.86. The van der Waals surface area contributed by atoms with Crippen molar-refractivity contribution >= 4 is 17.3 Å². The van der Waals surface area contributed by atoms with Gasteiger partial charge >= 0.3 is 16.8 Å². The minimum Gasteiger partial charge on any atom is -0.875 e. The average molecular weight is 609 g/mol. The zero-order valence-corrected chi connectivity index (χ0v) is 29.6. The summed E-state index contributed by atoms with van der Waals surface area (Å²) in [5.74, 6) is -0.625. The van der Waals surface area contributed by atoms with E-state index in [4.69, 9.17) is 0 Å². The maximum atomic E-state index is 11.4. The number of carbonyl (C=O) groups excluding carboxylic acids is 3. The Balaban J connectivity index is -0.000000240. The molecular formula is C33H57CoO6. The van der Waals surface area contributed by atoms with Gasteiger partial charge in [0.05, 0.1) is 0 Å². The zero-order chi connectivity index (χ0) is 32.6. The number of rotatable bonds is 3. The van der Waals surface area contributed by atoms with Gasteiger partial charge in [-0.15, -0.1) is 17.3 Å². The number of hydrogen-bond donors (Lipinski definition) is 0. The fraction of sp³-hybridized carbons (Fsp3) is 0.727. The predicted molar refractivity (Wildman–Crippen MR) is 156 cm³/mol. The van der Waals surface area contributed by atoms with Crippen LogP contribution in [-0.4, -0.2) is 17.3 Å². The van der Waals surface area contributed by atoms with E-state index in [9.17, 15) is 29.7 Å². The summed E-state index contributed by atoms with van der Waals surface area (Å²) in [6, 6.07) is 0. The fourth-order valence-corrected chi connectivity index (χ4v) is 1.66. The maximum absolute atomic E-state index is 11.4. The van der Waals surface area contributed by atoms with Crippen molar-refractivity contribution in [3.05, 3.63) is 35.5 Å². The molecule has 0 saturated heterocycles. The van der Waals surface area contributed by atoms with Crippen LogP contribution in [0.1, 0.15) is 125 Å². The van der Waals surface area contributed by atoms with Crippen molar-refractivity contribution < 1.29 is 46.5 Å². The molecule has 0 aliphatic rings. The topological polar surface area (TPSA) is 120 Å². The molecule has 0 saturated carbocycles. The quantitative estimate of drug-likeness (QED) is 0.301. The summed E-state index contributed by atoms with van der Waals surface area (Å²) in [6.45, 7) is 32.5. The van der Waals surface area contributed by atoms with Crippen LogP contribution >= 0.6 is 0 Å². The van der Waals surface area contributed by atoms with Crippen molar-refractivity contribution in [3.63, 3.8) is 0 Å². The largest absolute Gasteiger partial charge is 3.00 e. The molecule has 0 aromatic heterocycles. The Labute approximate surface area is 256 Å². The van der Waals surface area contributed by atoms with Crippen molar-refractivity contribution in [2.24, 2.45) is 32.5 Å². The van der Waals surface area contributed by atoms with Crippen LogP contribution in [0, 0.1) is 32.5 Å². The van der Waals surface area contributed by atoms with Gasteiger partial charge in [0, 0.05) is 16.2 Å². The normalized spacial score (nSPS) is 14.1. The Morgan fingerprint density at radius 2 is 0.475 bits per heavy atom. The summed E-state index contributed by atoms with van der Waals surface area (Å²) in [4.78, 5) is 34.3. The Morgan fingerprint density at radius 3 is 0.550 bits per heavy atom. The van der Waals surface area contributed by atoms with Crippen molar-refractivity contribution in [1.82, 2.24) is 0 Å². The molecule has 0 rings (SSSR count). The molecule has 6 nitrogen and oxygen atoms in total. The van der Waals surface area contributed by atoms with E-state index in [0.29, 0.717) is 0 Å². The first-order valence-electron chi connectivity index (χ1n) is 13.5. The molecule has 0 bridgehead atoms. The molecule has 0 heterocycles. The zero-order valence-electron chi connectivity index (χ0n) is 28.5. The molecule has 0 N–H and O–H groups in total. The third-order valence-electron chi connectivity index (χ3n) is 5.22. The molecule has 0 aromatic carbocycles. The van der Waals surface area contributed by atoms with Crippen LogP contribution in [0.25, 0.3) is 0 Å². The first-order chi connectivity index (χ1) is 16.6. The summed E-state index contributed by atoms with van der Waals surface area (Å²) in [5.41, 5.74) is -2.74. The molecule has 0 fully saturated rings. The van der Waals surface area contributed by atoms with Crippen molar-refractivity contribution in [2.75, 3.05) is 0 Å². The molecule has 0 aromatic rings. The van der Waals surface area contributed by atoms with Crippen molar-refractivity contribution in [3.8, 4) is 0 Å². The molecule has 0 amide bonds. The first-order valence-corrected chi connectivity index (χ1v) is 13.5. The first kappa shape index (κ1) is 45.1. The third kappa shape index (κ3) is 21.0. The van der Waals surface area contributed by atoms with Crippen LogP contribution in [0.2, 0.25) is 0 Å². The Morgan fingerprint density at radius 1 is 0.350 bits per heavy atom. The second-order valence-electron chi connectivity index (χ2n) is 16.1. The van der Waals surface area contributed by atoms with Crippen LogP contribution in [-0.2, 0) is 31.2 Å². The van der Waals surface area contributed by atoms with Crippen LogP contribution in [0.3, 0.4) is 0 Å². The summed E-state index contributed by atoms with van der Waals surface area (Å²) >= 11 is 0. The van der Waals surface area contributed by atoms with Gasteiger partial charge in [0.25, 0.3) is 0 Å². The molecule has 7 heteroatoms. The molecule has 0 aliphatic heterocycles. The van der Waals surface area contributed by atoms with Gasteiger partial charge in [-0.1, -0.05) is 125 Å². The maximum Gasteiger partial charge on any atom is 3.00 e. The number of allylic oxidation sites excluding steroid dienone is 6. The van der Waals surface area contributed by atoms with E-state index >= 15 is 0 Å². The Kier molecular flexibility index (Phi) is 18.0. The van der Waals surface area contributed by atoms with Gasteiger partial charge < -0.3 is 15.3 Å². The average Bonchev–Trinajstić information content (AvgIpc) is 2.64. The monoisotopic (exact) mass is 608 g/mol. The third-order valence-corrected chi connectivity index (χ3v) is 5.22. The van der Waals surface area contributed by atoms with Crippen molar-refractivity contribution in [2.45, 2.75) is 125 Å². The summed E-state index contributed by atoms with van der Waals surface area (Å²) in [5, 5.41) is 34.3. The molecule has 0 atom stereocenters. The summed E-state index contributed by atoms with van der Waals surface area (Å²) in [7, 11) is 0. The Bertz CT molecular complexity index is 801. The van der Waals surface area contributed by atoms with E-state index in [-0.39, 0.29) is 51.4 Å².